The third-order valence-electron chi connectivity index (χ3n) is 6.56. The van der Waals surface area contributed by atoms with Crippen molar-refractivity contribution in [3.8, 4) is 0 Å². The summed E-state index contributed by atoms with van der Waals surface area (Å²) >= 11 is 0. The lowest BCUT2D eigenvalue weighted by Crippen LogP contribution is -2.51. The first-order valence-electron chi connectivity index (χ1n) is 13.7. The van der Waals surface area contributed by atoms with E-state index in [9.17, 15) is 18.1 Å². The summed E-state index contributed by atoms with van der Waals surface area (Å²) in [5.41, 5.74) is 0.928. The maximum absolute atomic E-state index is 10.4. The third-order valence-corrected chi connectivity index (χ3v) is 7.41. The second-order valence-electron chi connectivity index (χ2n) is 9.76. The Morgan fingerprint density at radius 1 is 0.676 bits per heavy atom. The highest BCUT2D eigenvalue weighted by Gasteiger charge is 2.25. The highest BCUT2D eigenvalue weighted by atomic mass is 32.2. The number of quaternary nitrogens is 1. The summed E-state index contributed by atoms with van der Waals surface area (Å²) < 4.78 is 32.5. The molecule has 0 fully saturated rings. The van der Waals surface area contributed by atoms with Gasteiger partial charge in [-0.3, -0.25) is 0 Å². The van der Waals surface area contributed by atoms with Gasteiger partial charge in [0.1, 0.15) is 10.1 Å². The van der Waals surface area contributed by atoms with Crippen molar-refractivity contribution < 1.29 is 22.6 Å². The number of aliphatic hydroxyl groups is 1. The van der Waals surface area contributed by atoms with Crippen LogP contribution in [0.25, 0.3) is 0 Å². The van der Waals surface area contributed by atoms with Gasteiger partial charge in [0.2, 0.25) is 0 Å². The van der Waals surface area contributed by atoms with Crippen molar-refractivity contribution in [1.82, 2.24) is 0 Å². The van der Waals surface area contributed by atoms with Crippen LogP contribution in [0.15, 0.2) is 29.2 Å². The van der Waals surface area contributed by atoms with Crippen LogP contribution in [0.3, 0.4) is 0 Å². The summed E-state index contributed by atoms with van der Waals surface area (Å²) in [5.74, 6) is 0. The van der Waals surface area contributed by atoms with Crippen LogP contribution in [0, 0.1) is 6.92 Å². The zero-order chi connectivity index (χ0) is 25.7. The molecule has 0 aliphatic rings. The van der Waals surface area contributed by atoms with E-state index in [0.29, 0.717) is 6.61 Å². The fraction of sp³-hybridized carbons (Fsp3) is 0.786. The lowest BCUT2D eigenvalue weighted by atomic mass is 10.1. The average molecular weight is 500 g/mol. The summed E-state index contributed by atoms with van der Waals surface area (Å²) in [5, 5.41) is 9.35. The molecule has 0 heterocycles. The highest BCUT2D eigenvalue weighted by Crippen LogP contribution is 2.18. The number of benzene rings is 1. The molecule has 0 saturated carbocycles. The predicted octanol–water partition coefficient (Wildman–Crippen LogP) is 6.83. The molecule has 0 radical (unpaired) electrons. The number of aryl methyl sites for hydroxylation is 1. The maximum Gasteiger partial charge on any atom is 0.124 e. The van der Waals surface area contributed by atoms with Gasteiger partial charge in [-0.15, -0.1) is 0 Å². The molecule has 0 aromatic heterocycles. The molecule has 1 aromatic rings. The summed E-state index contributed by atoms with van der Waals surface area (Å²) in [4.78, 5) is -0.178. The smallest absolute Gasteiger partial charge is 0.124 e. The Morgan fingerprint density at radius 2 is 1.06 bits per heavy atom. The highest BCUT2D eigenvalue weighted by molar-refractivity contribution is 7.85. The molecule has 1 rings (SSSR count). The van der Waals surface area contributed by atoms with E-state index >= 15 is 0 Å². The van der Waals surface area contributed by atoms with Crippen LogP contribution < -0.4 is 0 Å². The lowest BCUT2D eigenvalue weighted by Gasteiger charge is -2.39. The molecule has 0 spiro atoms. The van der Waals surface area contributed by atoms with E-state index in [2.05, 4.69) is 20.8 Å². The van der Waals surface area contributed by atoms with Gasteiger partial charge in [-0.25, -0.2) is 8.42 Å². The van der Waals surface area contributed by atoms with Crippen molar-refractivity contribution in [3.05, 3.63) is 29.8 Å². The topological polar surface area (TPSA) is 77.4 Å². The van der Waals surface area contributed by atoms with Gasteiger partial charge in [0, 0.05) is 13.0 Å². The lowest BCUT2D eigenvalue weighted by molar-refractivity contribution is -0.929. The van der Waals surface area contributed by atoms with Gasteiger partial charge >= 0.3 is 0 Å². The minimum absolute atomic E-state index is 0.178. The molecule has 0 aliphatic heterocycles. The second kappa shape index (κ2) is 20.3. The number of hydrogen-bond donors (Lipinski definition) is 1. The predicted molar refractivity (Wildman–Crippen MR) is 143 cm³/mol. The van der Waals surface area contributed by atoms with Crippen molar-refractivity contribution in [2.75, 3.05) is 32.8 Å². The molecule has 1 N–H and O–H groups in total. The van der Waals surface area contributed by atoms with Gasteiger partial charge in [-0.2, -0.15) is 0 Å². The minimum atomic E-state index is -4.27. The summed E-state index contributed by atoms with van der Waals surface area (Å²) in [6, 6.07) is 5.78. The number of rotatable bonds is 19. The molecule has 0 atom stereocenters. The molecule has 0 aliphatic carbocycles. The summed E-state index contributed by atoms with van der Waals surface area (Å²) in [6.07, 6.45) is 17.4. The van der Waals surface area contributed by atoms with Crippen molar-refractivity contribution in [1.29, 1.82) is 0 Å². The van der Waals surface area contributed by atoms with E-state index in [-0.39, 0.29) is 4.90 Å². The van der Waals surface area contributed by atoms with E-state index in [1.54, 1.807) is 12.1 Å². The molecule has 5 nitrogen and oxygen atoms in total. The number of aliphatic hydroxyl groups excluding tert-OH is 1. The van der Waals surface area contributed by atoms with Gasteiger partial charge in [0.05, 0.1) is 31.1 Å². The van der Waals surface area contributed by atoms with Crippen LogP contribution in [0.4, 0.5) is 0 Å². The largest absolute Gasteiger partial charge is 0.744 e. The van der Waals surface area contributed by atoms with Gasteiger partial charge in [0.25, 0.3) is 0 Å². The van der Waals surface area contributed by atoms with Crippen LogP contribution in [-0.2, 0) is 10.1 Å². The Balaban J connectivity index is 0.000000818. The van der Waals surface area contributed by atoms with Crippen molar-refractivity contribution in [2.45, 2.75) is 116 Å². The quantitative estimate of drug-likeness (QED) is 0.129. The Labute approximate surface area is 211 Å². The molecule has 1 aromatic carbocycles. The summed E-state index contributed by atoms with van der Waals surface area (Å²) in [7, 11) is -4.27. The zero-order valence-corrected chi connectivity index (χ0v) is 23.4. The normalized spacial score (nSPS) is 11.8. The van der Waals surface area contributed by atoms with Gasteiger partial charge in [0.15, 0.2) is 0 Å². The fourth-order valence-corrected chi connectivity index (χ4v) is 4.87. The second-order valence-corrected chi connectivity index (χ2v) is 11.1. The molecular weight excluding hydrogens is 446 g/mol. The molecule has 0 unspecified atom stereocenters. The first-order chi connectivity index (χ1) is 16.2. The molecule has 0 amide bonds. The van der Waals surface area contributed by atoms with Crippen molar-refractivity contribution in [3.63, 3.8) is 0 Å². The van der Waals surface area contributed by atoms with E-state index < -0.39 is 10.1 Å². The van der Waals surface area contributed by atoms with Crippen LogP contribution in [0.5, 0.6) is 0 Å². The van der Waals surface area contributed by atoms with Gasteiger partial charge in [-0.1, -0.05) is 77.0 Å². The first kappa shape index (κ1) is 33.0. The Morgan fingerprint density at radius 3 is 1.38 bits per heavy atom. The van der Waals surface area contributed by atoms with E-state index in [4.69, 9.17) is 0 Å². The molecule has 200 valence electrons. The minimum Gasteiger partial charge on any atom is -0.744 e. The molecular formula is C28H53NO4S. The van der Waals surface area contributed by atoms with E-state index in [1.165, 1.54) is 120 Å². The number of unbranched alkanes of at least 4 members (excludes halogenated alkanes) is 9. The third kappa shape index (κ3) is 16.6. The van der Waals surface area contributed by atoms with Crippen LogP contribution in [-0.4, -0.2) is 55.3 Å². The molecule has 34 heavy (non-hydrogen) atoms. The Kier molecular flexibility index (Phi) is 19.7. The molecule has 0 saturated heterocycles. The molecule has 6 heteroatoms. The maximum atomic E-state index is 10.4. The standard InChI is InChI=1S/C21H46NO.C7H8O3S/c1-4-7-10-13-17-22(20-16-21-23,18-14-11-8-5-2)19-15-12-9-6-3;1-6-2-4-7(5-3-6)11(8,9)10/h23H,4-21H2,1-3H3;2-5H,1H3,(H,8,9,10)/q+1;/p-1. The molecule has 0 bridgehead atoms. The number of nitrogens with zero attached hydrogens (tertiary/aromatic N) is 1. The van der Waals surface area contributed by atoms with E-state index in [0.717, 1.165) is 12.0 Å². The van der Waals surface area contributed by atoms with Crippen molar-refractivity contribution in [2.24, 2.45) is 0 Å². The van der Waals surface area contributed by atoms with Crippen molar-refractivity contribution >= 4 is 10.1 Å². The fourth-order valence-electron chi connectivity index (χ4n) is 4.40. The zero-order valence-electron chi connectivity index (χ0n) is 22.6. The SMILES string of the molecule is CCCCCC[N+](CCCO)(CCCCCC)CCCCCC.Cc1ccc(S(=O)(=O)[O-])cc1. The van der Waals surface area contributed by atoms with Crippen LogP contribution >= 0.6 is 0 Å². The van der Waals surface area contributed by atoms with Gasteiger partial charge < -0.3 is 14.1 Å². The number of hydrogen-bond acceptors (Lipinski definition) is 4. The summed E-state index contributed by atoms with van der Waals surface area (Å²) in [6.45, 7) is 14.3. The Hall–Kier alpha value is -0.950. The monoisotopic (exact) mass is 499 g/mol. The van der Waals surface area contributed by atoms with E-state index in [1.807, 2.05) is 6.92 Å². The Bertz CT molecular complexity index is 658. The average Bonchev–Trinajstić information content (AvgIpc) is 2.81. The van der Waals surface area contributed by atoms with Gasteiger partial charge in [-0.05, 0) is 57.6 Å². The van der Waals surface area contributed by atoms with Crippen LogP contribution in [0.1, 0.15) is 110 Å². The van der Waals surface area contributed by atoms with Crippen LogP contribution in [0.2, 0.25) is 0 Å². The first-order valence-corrected chi connectivity index (χ1v) is 15.1.